The molecule has 35 heavy (non-hydrogen) atoms. The Morgan fingerprint density at radius 3 is 2.77 bits per heavy atom. The Bertz CT molecular complexity index is 1400. The van der Waals surface area contributed by atoms with Gasteiger partial charge in [-0.25, -0.2) is 14.4 Å². The number of furan rings is 1. The maximum Gasteiger partial charge on any atom is 0.230 e. The first-order chi connectivity index (χ1) is 16.9. The van der Waals surface area contributed by atoms with E-state index in [1.807, 2.05) is 12.3 Å². The second-order valence-electron chi connectivity index (χ2n) is 8.56. The SMILES string of the molecule is CC(=O)N1C=C(c2cc3c(/C(C=NC4CS(=O)C4)=C(/N)c4ccc(F)cc4)ncnc3o2)CCC1. The molecule has 0 aliphatic carbocycles. The fourth-order valence-electron chi connectivity index (χ4n) is 4.11. The Morgan fingerprint density at radius 1 is 1.29 bits per heavy atom. The quantitative estimate of drug-likeness (QED) is 0.545. The number of carbonyl (C=O) groups is 1. The maximum absolute atomic E-state index is 13.5. The minimum atomic E-state index is -0.836. The molecule has 0 saturated carbocycles. The molecule has 4 heterocycles. The van der Waals surface area contributed by atoms with Crippen molar-refractivity contribution in [3.8, 4) is 0 Å². The standard InChI is InChI=1S/C25H24FN5O3S/c1-15(32)31-8-2-3-17(11-31)22-9-20-24(29-14-30-25(20)34-22)21(10-28-19-12-35(33)13-19)23(27)16-4-6-18(26)7-5-16/h4-7,9-11,14,19H,2-3,8,12-13,27H2,1H3/b23-21+,28-10?. The van der Waals surface area contributed by atoms with Crippen LogP contribution >= 0.6 is 0 Å². The molecule has 0 spiro atoms. The van der Waals surface area contributed by atoms with E-state index in [1.54, 1.807) is 23.2 Å². The molecule has 1 fully saturated rings. The molecule has 2 aliphatic heterocycles. The molecule has 0 unspecified atom stereocenters. The summed E-state index contributed by atoms with van der Waals surface area (Å²) in [6.07, 6.45) is 6.46. The van der Waals surface area contributed by atoms with Gasteiger partial charge in [-0.3, -0.25) is 14.0 Å². The molecule has 1 amide bonds. The molecule has 2 aromatic heterocycles. The van der Waals surface area contributed by atoms with Crippen LogP contribution in [0.25, 0.3) is 27.9 Å². The number of aromatic nitrogens is 2. The Hall–Kier alpha value is -3.66. The van der Waals surface area contributed by atoms with Crippen LogP contribution in [0.3, 0.4) is 0 Å². The third kappa shape index (κ3) is 4.79. The number of fused-ring (bicyclic) bond motifs is 1. The summed E-state index contributed by atoms with van der Waals surface area (Å²) < 4.78 is 31.1. The molecule has 3 aromatic rings. The second kappa shape index (κ2) is 9.53. The lowest BCUT2D eigenvalue weighted by Gasteiger charge is -2.22. The number of amides is 1. The molecule has 0 bridgehead atoms. The zero-order valence-corrected chi connectivity index (χ0v) is 19.9. The summed E-state index contributed by atoms with van der Waals surface area (Å²) in [4.78, 5) is 26.9. The van der Waals surface area contributed by atoms with Crippen LogP contribution in [0, 0.1) is 5.82 Å². The monoisotopic (exact) mass is 493 g/mol. The topological polar surface area (TPSA) is 115 Å². The van der Waals surface area contributed by atoms with Crippen molar-refractivity contribution in [1.82, 2.24) is 14.9 Å². The van der Waals surface area contributed by atoms with Gasteiger partial charge < -0.3 is 15.1 Å². The van der Waals surface area contributed by atoms with Gasteiger partial charge in [-0.1, -0.05) is 0 Å². The zero-order valence-electron chi connectivity index (χ0n) is 19.1. The fraction of sp³-hybridized carbons (Fsp3) is 0.280. The van der Waals surface area contributed by atoms with E-state index in [2.05, 4.69) is 15.0 Å². The number of halogens is 1. The van der Waals surface area contributed by atoms with Crippen molar-refractivity contribution in [2.24, 2.45) is 10.7 Å². The van der Waals surface area contributed by atoms with Crippen molar-refractivity contribution in [3.05, 3.63) is 65.7 Å². The molecule has 180 valence electrons. The van der Waals surface area contributed by atoms with Crippen LogP contribution in [0.5, 0.6) is 0 Å². The normalized spacial score (nSPS) is 21.1. The number of aliphatic imine (C=N–C) groups is 1. The van der Waals surface area contributed by atoms with Gasteiger partial charge >= 0.3 is 0 Å². The summed E-state index contributed by atoms with van der Waals surface area (Å²) in [5, 5.41) is 0.645. The first-order valence-corrected chi connectivity index (χ1v) is 12.7. The maximum atomic E-state index is 13.5. The van der Waals surface area contributed by atoms with Crippen LogP contribution in [0.2, 0.25) is 0 Å². The Morgan fingerprint density at radius 2 is 2.06 bits per heavy atom. The van der Waals surface area contributed by atoms with E-state index in [4.69, 9.17) is 10.2 Å². The first-order valence-electron chi connectivity index (χ1n) is 11.3. The van der Waals surface area contributed by atoms with Gasteiger partial charge in [0.1, 0.15) is 17.9 Å². The zero-order chi connectivity index (χ0) is 24.5. The minimum absolute atomic E-state index is 0.0239. The summed E-state index contributed by atoms with van der Waals surface area (Å²) in [5.41, 5.74) is 9.88. The number of carbonyl (C=O) groups excluding carboxylic acids is 1. The first kappa shape index (κ1) is 23.1. The molecule has 1 saturated heterocycles. The molecule has 0 radical (unpaired) electrons. The van der Waals surface area contributed by atoms with Crippen molar-refractivity contribution in [3.63, 3.8) is 0 Å². The van der Waals surface area contributed by atoms with Gasteiger partial charge in [0.05, 0.1) is 17.1 Å². The molecular weight excluding hydrogens is 469 g/mol. The number of rotatable bonds is 5. The lowest BCUT2D eigenvalue weighted by atomic mass is 10.0. The molecule has 1 aromatic carbocycles. The number of hydrogen-bond acceptors (Lipinski definition) is 7. The predicted octanol–water partition coefficient (Wildman–Crippen LogP) is 3.37. The molecule has 8 nitrogen and oxygen atoms in total. The van der Waals surface area contributed by atoms with Gasteiger partial charge in [0.2, 0.25) is 11.6 Å². The number of hydrogen-bond donors (Lipinski definition) is 1. The molecular formula is C25H24FN5O3S. The van der Waals surface area contributed by atoms with Crippen molar-refractivity contribution in [2.75, 3.05) is 18.1 Å². The smallest absolute Gasteiger partial charge is 0.230 e. The van der Waals surface area contributed by atoms with E-state index >= 15 is 0 Å². The van der Waals surface area contributed by atoms with Gasteiger partial charge in [-0.15, -0.1) is 0 Å². The summed E-state index contributed by atoms with van der Waals surface area (Å²) in [5.74, 6) is 1.24. The van der Waals surface area contributed by atoms with E-state index in [0.717, 1.165) is 18.4 Å². The highest BCUT2D eigenvalue weighted by atomic mass is 32.2. The highest BCUT2D eigenvalue weighted by Gasteiger charge is 2.25. The molecule has 10 heteroatoms. The molecule has 2 aliphatic rings. The summed E-state index contributed by atoms with van der Waals surface area (Å²) in [6.45, 7) is 2.21. The van der Waals surface area contributed by atoms with Crippen LogP contribution in [-0.2, 0) is 15.6 Å². The van der Waals surface area contributed by atoms with Crippen molar-refractivity contribution < 1.29 is 17.8 Å². The van der Waals surface area contributed by atoms with Crippen LogP contribution in [0.4, 0.5) is 4.39 Å². The van der Waals surface area contributed by atoms with Crippen LogP contribution in [0.15, 0.2) is 52.3 Å². The van der Waals surface area contributed by atoms with Gasteiger partial charge in [-0.05, 0) is 48.7 Å². The van der Waals surface area contributed by atoms with E-state index in [0.29, 0.717) is 57.4 Å². The van der Waals surface area contributed by atoms with E-state index < -0.39 is 10.8 Å². The lowest BCUT2D eigenvalue weighted by Crippen LogP contribution is -2.34. The molecule has 2 N–H and O–H groups in total. The van der Waals surface area contributed by atoms with Gasteiger partial charge in [0.25, 0.3) is 0 Å². The largest absolute Gasteiger partial charge is 0.438 e. The number of nitrogens with two attached hydrogens (primary N) is 1. The Kier molecular flexibility index (Phi) is 6.29. The van der Waals surface area contributed by atoms with E-state index in [-0.39, 0.29) is 17.8 Å². The van der Waals surface area contributed by atoms with Gasteiger partial charge in [0, 0.05) is 65.0 Å². The lowest BCUT2D eigenvalue weighted by molar-refractivity contribution is -0.126. The second-order valence-corrected chi connectivity index (χ2v) is 10.1. The van der Waals surface area contributed by atoms with Crippen molar-refractivity contribution in [2.45, 2.75) is 25.8 Å². The average molecular weight is 494 g/mol. The molecule has 5 rings (SSSR count). The minimum Gasteiger partial charge on any atom is -0.438 e. The van der Waals surface area contributed by atoms with Crippen LogP contribution in [-0.4, -0.2) is 55.3 Å². The van der Waals surface area contributed by atoms with E-state index in [9.17, 15) is 13.4 Å². The van der Waals surface area contributed by atoms with Crippen molar-refractivity contribution >= 4 is 50.9 Å². The summed E-state index contributed by atoms with van der Waals surface area (Å²) in [6, 6.07) is 7.68. The number of benzene rings is 1. The predicted molar refractivity (Wildman–Crippen MR) is 134 cm³/mol. The Labute approximate surface area is 203 Å². The third-order valence-electron chi connectivity index (χ3n) is 6.08. The third-order valence-corrected chi connectivity index (χ3v) is 7.59. The van der Waals surface area contributed by atoms with Crippen molar-refractivity contribution in [1.29, 1.82) is 0 Å². The highest BCUT2D eigenvalue weighted by Crippen LogP contribution is 2.33. The summed E-state index contributed by atoms with van der Waals surface area (Å²) >= 11 is 0. The van der Waals surface area contributed by atoms with Crippen LogP contribution < -0.4 is 5.73 Å². The number of nitrogens with zero attached hydrogens (tertiary/aromatic N) is 4. The van der Waals surface area contributed by atoms with E-state index in [1.165, 1.54) is 25.4 Å². The van der Waals surface area contributed by atoms with Gasteiger partial charge in [0.15, 0.2) is 0 Å². The number of allylic oxidation sites excluding steroid dienone is 2. The average Bonchev–Trinajstić information content (AvgIpc) is 3.28. The Balaban J connectivity index is 1.61. The van der Waals surface area contributed by atoms with Crippen LogP contribution in [0.1, 0.15) is 36.8 Å². The fourth-order valence-corrected chi connectivity index (χ4v) is 5.04. The summed E-state index contributed by atoms with van der Waals surface area (Å²) in [7, 11) is -0.836. The van der Waals surface area contributed by atoms with Gasteiger partial charge in [-0.2, -0.15) is 0 Å². The molecule has 0 atom stereocenters. The highest BCUT2D eigenvalue weighted by molar-refractivity contribution is 7.86.